The quantitative estimate of drug-likeness (QED) is 0.672. The highest BCUT2D eigenvalue weighted by Gasteiger charge is 2.30. The minimum absolute atomic E-state index is 0.165. The lowest BCUT2D eigenvalue weighted by molar-refractivity contribution is 0.669. The van der Waals surface area contributed by atoms with Gasteiger partial charge in [0.25, 0.3) is 0 Å². The topological polar surface area (TPSA) is 65.8 Å². The lowest BCUT2D eigenvalue weighted by Gasteiger charge is -2.16. The van der Waals surface area contributed by atoms with E-state index in [1.54, 1.807) is 12.3 Å². The van der Waals surface area contributed by atoms with Crippen LogP contribution in [0.4, 0.5) is 0 Å². The molecule has 2 rings (SSSR count). The first-order chi connectivity index (χ1) is 6.57. The molecule has 0 amide bonds. The summed E-state index contributed by atoms with van der Waals surface area (Å²) in [7, 11) is -2.59. The number of pyridine rings is 1. The summed E-state index contributed by atoms with van der Waals surface area (Å²) < 4.78 is 15.8. The average Bonchev–Trinajstić information content (AvgIpc) is 2.40. The first kappa shape index (κ1) is 9.79. The predicted octanol–water partition coefficient (Wildman–Crippen LogP) is 1.08. The molecule has 0 saturated heterocycles. The summed E-state index contributed by atoms with van der Waals surface area (Å²) in [6.45, 7) is 1.84. The number of thiol groups is 1. The largest absolute Gasteiger partial charge is 0.306 e. The Morgan fingerprint density at radius 1 is 1.71 bits per heavy atom. The van der Waals surface area contributed by atoms with Crippen LogP contribution in [0.5, 0.6) is 0 Å². The molecule has 2 heterocycles. The Bertz CT molecular complexity index is 460. The van der Waals surface area contributed by atoms with Gasteiger partial charge in [-0.1, -0.05) is 6.92 Å². The van der Waals surface area contributed by atoms with Crippen molar-refractivity contribution in [3.8, 4) is 0 Å². The third-order valence-electron chi connectivity index (χ3n) is 2.20. The molecule has 0 saturated carbocycles. The summed E-state index contributed by atoms with van der Waals surface area (Å²) >= 11 is 3.28. The number of nitrogens with zero attached hydrogens (tertiary/aromatic N) is 1. The first-order valence-corrected chi connectivity index (χ1v) is 6.87. The van der Waals surface area contributed by atoms with Crippen LogP contribution in [0, 0.1) is 5.41 Å². The molecule has 0 bridgehead atoms. The molecule has 1 aliphatic heterocycles. The second-order valence-corrected chi connectivity index (χ2v) is 6.80. The van der Waals surface area contributed by atoms with Gasteiger partial charge in [0.05, 0.1) is 4.90 Å². The Hall–Kier alpha value is -0.750. The van der Waals surface area contributed by atoms with Crippen LogP contribution in [-0.2, 0) is 10.1 Å². The fourth-order valence-electron chi connectivity index (χ4n) is 1.44. The number of amidine groups is 1. The van der Waals surface area contributed by atoms with E-state index in [4.69, 9.17) is 5.41 Å². The number of hydrogen-bond acceptors (Lipinski definition) is 3. The van der Waals surface area contributed by atoms with Gasteiger partial charge < -0.3 is 4.72 Å². The summed E-state index contributed by atoms with van der Waals surface area (Å²) in [6, 6.07) is 1.78. The molecule has 0 spiro atoms. The van der Waals surface area contributed by atoms with Crippen LogP contribution in [-0.4, -0.2) is 20.8 Å². The smallest absolute Gasteiger partial charge is 0.156 e. The molecule has 0 radical (unpaired) electrons. The van der Waals surface area contributed by atoms with Gasteiger partial charge in [0, 0.05) is 16.4 Å². The number of halogens is 1. The normalized spacial score (nSPS) is 20.0. The number of aromatic nitrogens is 1. The Kier molecular flexibility index (Phi) is 2.19. The number of hydrogen-bond donors (Lipinski definition) is 3. The van der Waals surface area contributed by atoms with Crippen LogP contribution < -0.4 is 4.72 Å². The lowest BCUT2D eigenvalue weighted by atomic mass is 10.3. The van der Waals surface area contributed by atoms with Crippen molar-refractivity contribution in [3.05, 3.63) is 22.4 Å². The molecule has 1 aliphatic rings. The van der Waals surface area contributed by atoms with E-state index in [0.29, 0.717) is 16.3 Å². The van der Waals surface area contributed by atoms with Crippen molar-refractivity contribution >= 4 is 31.9 Å². The Morgan fingerprint density at radius 2 is 2.43 bits per heavy atom. The molecule has 0 fully saturated rings. The SMILES string of the molecule is CC[SH]1(=O)NC(=N)c2ncc(Br)cc21. The fourth-order valence-corrected chi connectivity index (χ4v) is 3.89. The van der Waals surface area contributed by atoms with Crippen molar-refractivity contribution in [1.29, 1.82) is 5.41 Å². The monoisotopic (exact) mass is 275 g/mol. The molecule has 1 aromatic rings. The summed E-state index contributed by atoms with van der Waals surface area (Å²) in [5.74, 6) is 0.665. The number of nitrogens with one attached hydrogen (secondary N) is 2. The highest BCUT2D eigenvalue weighted by atomic mass is 79.9. The fraction of sp³-hybridized carbons (Fsp3) is 0.250. The zero-order chi connectivity index (χ0) is 10.3. The van der Waals surface area contributed by atoms with E-state index in [2.05, 4.69) is 25.6 Å². The molecule has 1 aromatic heterocycles. The summed E-state index contributed by atoms with van der Waals surface area (Å²) in [4.78, 5) is 4.74. The first-order valence-electron chi connectivity index (χ1n) is 4.19. The van der Waals surface area contributed by atoms with Crippen molar-refractivity contribution in [2.45, 2.75) is 11.8 Å². The van der Waals surface area contributed by atoms with Gasteiger partial charge in [0.15, 0.2) is 5.84 Å². The molecular weight excluding hydrogens is 266 g/mol. The van der Waals surface area contributed by atoms with E-state index in [-0.39, 0.29) is 5.84 Å². The third kappa shape index (κ3) is 1.29. The molecular formula is C8H10BrN3OS. The number of fused-ring (bicyclic) bond motifs is 1. The summed E-state index contributed by atoms with van der Waals surface area (Å²) in [5.41, 5.74) is 0.512. The van der Waals surface area contributed by atoms with Crippen LogP contribution in [0.3, 0.4) is 0 Å². The van der Waals surface area contributed by atoms with E-state index in [1.165, 1.54) is 0 Å². The van der Waals surface area contributed by atoms with Crippen molar-refractivity contribution in [1.82, 2.24) is 9.71 Å². The van der Waals surface area contributed by atoms with Crippen molar-refractivity contribution in [2.75, 3.05) is 5.75 Å². The second kappa shape index (κ2) is 3.13. The zero-order valence-electron chi connectivity index (χ0n) is 7.54. The molecule has 14 heavy (non-hydrogen) atoms. The molecule has 76 valence electrons. The molecule has 0 unspecified atom stereocenters. The highest BCUT2D eigenvalue weighted by molar-refractivity contribution is 9.10. The minimum atomic E-state index is -2.59. The van der Waals surface area contributed by atoms with Gasteiger partial charge in [-0.3, -0.25) is 14.6 Å². The van der Waals surface area contributed by atoms with Crippen LogP contribution in [0.2, 0.25) is 0 Å². The Balaban J connectivity index is 2.68. The van der Waals surface area contributed by atoms with Gasteiger partial charge in [-0.15, -0.1) is 0 Å². The maximum Gasteiger partial charge on any atom is 0.156 e. The molecule has 0 aliphatic carbocycles. The molecule has 4 nitrogen and oxygen atoms in total. The standard InChI is InChI=1S/C8H10BrN3OS/c1-2-14(13)6-3-5(9)4-11-7(6)8(10)12-14/h3-4,14H,2H2,1H3,(H2,10,12,13). The van der Waals surface area contributed by atoms with Crippen LogP contribution in [0.1, 0.15) is 12.6 Å². The molecule has 6 heteroatoms. The Morgan fingerprint density at radius 3 is 3.07 bits per heavy atom. The van der Waals surface area contributed by atoms with Gasteiger partial charge >= 0.3 is 0 Å². The van der Waals surface area contributed by atoms with Crippen molar-refractivity contribution < 1.29 is 4.21 Å². The number of rotatable bonds is 1. The van der Waals surface area contributed by atoms with Gasteiger partial charge in [0.1, 0.15) is 5.69 Å². The van der Waals surface area contributed by atoms with Gasteiger partial charge in [-0.2, -0.15) is 0 Å². The molecule has 0 atom stereocenters. The summed E-state index contributed by atoms with van der Waals surface area (Å²) in [5, 5.41) is 7.60. The Labute approximate surface area is 91.3 Å². The third-order valence-corrected chi connectivity index (χ3v) is 5.23. The molecule has 0 aromatic carbocycles. The zero-order valence-corrected chi connectivity index (χ0v) is 10.0. The van der Waals surface area contributed by atoms with E-state index >= 15 is 0 Å². The highest BCUT2D eigenvalue weighted by Crippen LogP contribution is 2.28. The minimum Gasteiger partial charge on any atom is -0.306 e. The van der Waals surface area contributed by atoms with Gasteiger partial charge in [-0.25, -0.2) is 0 Å². The predicted molar refractivity (Wildman–Crippen MR) is 60.2 cm³/mol. The van der Waals surface area contributed by atoms with E-state index in [9.17, 15) is 4.21 Å². The van der Waals surface area contributed by atoms with Crippen LogP contribution >= 0.6 is 15.9 Å². The van der Waals surface area contributed by atoms with Crippen molar-refractivity contribution in [2.24, 2.45) is 0 Å². The van der Waals surface area contributed by atoms with E-state index in [0.717, 1.165) is 4.47 Å². The van der Waals surface area contributed by atoms with Gasteiger partial charge in [-0.05, 0) is 32.1 Å². The second-order valence-electron chi connectivity index (χ2n) is 3.06. The van der Waals surface area contributed by atoms with E-state index in [1.807, 2.05) is 6.92 Å². The van der Waals surface area contributed by atoms with E-state index < -0.39 is 10.1 Å². The van der Waals surface area contributed by atoms with Crippen molar-refractivity contribution in [3.63, 3.8) is 0 Å². The maximum absolute atomic E-state index is 12.3. The van der Waals surface area contributed by atoms with Crippen LogP contribution in [0.25, 0.3) is 0 Å². The maximum atomic E-state index is 12.3. The van der Waals surface area contributed by atoms with Crippen LogP contribution in [0.15, 0.2) is 21.6 Å². The lowest BCUT2D eigenvalue weighted by Crippen LogP contribution is -2.30. The average molecular weight is 276 g/mol. The molecule has 2 N–H and O–H groups in total. The van der Waals surface area contributed by atoms with Gasteiger partial charge in [0.2, 0.25) is 0 Å². The summed E-state index contributed by atoms with van der Waals surface area (Å²) in [6.07, 6.45) is 1.61.